The Bertz CT molecular complexity index is 962. The minimum atomic E-state index is -0.146. The molecular formula is C29H44NOP. The van der Waals surface area contributed by atoms with Gasteiger partial charge in [0.2, 0.25) is 0 Å². The average Bonchev–Trinajstić information content (AvgIpc) is 2.67. The minimum Gasteiger partial charge on any atom is -0.507 e. The van der Waals surface area contributed by atoms with Gasteiger partial charge in [0.25, 0.3) is 0 Å². The molecule has 2 unspecified atom stereocenters. The molecule has 0 aliphatic carbocycles. The molecule has 2 aromatic carbocycles. The van der Waals surface area contributed by atoms with Crippen LogP contribution in [-0.2, 0) is 16.0 Å². The molecule has 0 amide bonds. The predicted octanol–water partition coefficient (Wildman–Crippen LogP) is 7.75. The minimum absolute atomic E-state index is 0.0150. The Morgan fingerprint density at radius 2 is 1.56 bits per heavy atom. The Labute approximate surface area is 198 Å². The first-order valence-electron chi connectivity index (χ1n) is 11.9. The van der Waals surface area contributed by atoms with Crippen LogP contribution < -0.4 is 5.30 Å². The highest BCUT2D eigenvalue weighted by Gasteiger charge is 2.34. The van der Waals surface area contributed by atoms with E-state index in [1.54, 1.807) is 0 Å². The van der Waals surface area contributed by atoms with Gasteiger partial charge in [0, 0.05) is 24.0 Å². The molecule has 2 nitrogen and oxygen atoms in total. The number of hydrogen-bond acceptors (Lipinski definition) is 2. The summed E-state index contributed by atoms with van der Waals surface area (Å²) in [5.74, 6) is 0.481. The van der Waals surface area contributed by atoms with Crippen molar-refractivity contribution in [1.29, 1.82) is 0 Å². The van der Waals surface area contributed by atoms with Crippen molar-refractivity contribution in [2.24, 2.45) is 4.99 Å². The number of aryl methyl sites for hydroxylation is 1. The molecule has 0 aliphatic rings. The van der Waals surface area contributed by atoms with E-state index in [9.17, 15) is 5.11 Å². The standard InChI is InChI=1S/C29H44NOP/c1-11-12-15-29(9,32-25-14-13-20(2)16-21(25)19-30-10)24-18-22(27(3,4)5)17-23(26(24)31)28(6,7)8/h13-14,16-19,31-32H,11-12,15H2,1-10H3. The van der Waals surface area contributed by atoms with Crippen LogP contribution in [0, 0.1) is 6.92 Å². The second-order valence-corrected chi connectivity index (χ2v) is 13.4. The van der Waals surface area contributed by atoms with Crippen LogP contribution in [0.2, 0.25) is 0 Å². The Morgan fingerprint density at radius 1 is 0.938 bits per heavy atom. The lowest BCUT2D eigenvalue weighted by atomic mass is 9.77. The first kappa shape index (κ1) is 26.6. The summed E-state index contributed by atoms with van der Waals surface area (Å²) in [5.41, 5.74) is 5.77. The normalized spacial score (nSPS) is 15.1. The van der Waals surface area contributed by atoms with Gasteiger partial charge >= 0.3 is 0 Å². The highest BCUT2D eigenvalue weighted by Crippen LogP contribution is 2.51. The topological polar surface area (TPSA) is 32.6 Å². The third kappa shape index (κ3) is 6.22. The smallest absolute Gasteiger partial charge is 0.123 e. The summed E-state index contributed by atoms with van der Waals surface area (Å²) in [6, 6.07) is 11.2. The molecule has 0 aliphatic heterocycles. The molecule has 0 saturated carbocycles. The lowest BCUT2D eigenvalue weighted by Crippen LogP contribution is -2.25. The van der Waals surface area contributed by atoms with Crippen molar-refractivity contribution < 1.29 is 5.11 Å². The van der Waals surface area contributed by atoms with Crippen LogP contribution in [0.25, 0.3) is 0 Å². The Morgan fingerprint density at radius 3 is 2.09 bits per heavy atom. The molecule has 0 bridgehead atoms. The Hall–Kier alpha value is -1.66. The number of aliphatic imine (C=N–C) groups is 1. The van der Waals surface area contributed by atoms with Gasteiger partial charge in [-0.05, 0) is 52.2 Å². The zero-order chi connectivity index (χ0) is 24.3. The summed E-state index contributed by atoms with van der Waals surface area (Å²) in [6.07, 6.45) is 5.30. The summed E-state index contributed by atoms with van der Waals surface area (Å²) in [7, 11) is 2.38. The quantitative estimate of drug-likeness (QED) is 0.337. The summed E-state index contributed by atoms with van der Waals surface area (Å²) in [6.45, 7) is 20.1. The van der Waals surface area contributed by atoms with Gasteiger partial charge in [-0.2, -0.15) is 0 Å². The summed E-state index contributed by atoms with van der Waals surface area (Å²) < 4.78 is 0. The first-order valence-corrected chi connectivity index (χ1v) is 12.9. The molecule has 2 aromatic rings. The maximum Gasteiger partial charge on any atom is 0.123 e. The third-order valence-corrected chi connectivity index (χ3v) is 8.09. The van der Waals surface area contributed by atoms with Crippen LogP contribution in [0.15, 0.2) is 35.3 Å². The number of benzene rings is 2. The Kier molecular flexibility index (Phi) is 8.38. The number of nitrogens with zero attached hydrogens (tertiary/aromatic N) is 1. The number of rotatable bonds is 7. The highest BCUT2D eigenvalue weighted by molar-refractivity contribution is 7.48. The van der Waals surface area contributed by atoms with E-state index in [0.29, 0.717) is 14.3 Å². The fourth-order valence-corrected chi connectivity index (χ4v) is 5.86. The molecule has 0 radical (unpaired) electrons. The molecule has 0 saturated heterocycles. The second kappa shape index (κ2) is 10.1. The SMILES string of the molecule is CCCCC(C)(Pc1ccc(C)cc1C=NC)c1cc(C(C)(C)C)cc(C(C)(C)C)c1O. The number of unbranched alkanes of at least 4 members (excludes halogenated alkanes) is 1. The summed E-state index contributed by atoms with van der Waals surface area (Å²) in [5, 5.41) is 12.8. The van der Waals surface area contributed by atoms with E-state index in [4.69, 9.17) is 0 Å². The van der Waals surface area contributed by atoms with Gasteiger partial charge in [-0.15, -0.1) is 0 Å². The van der Waals surface area contributed by atoms with Gasteiger partial charge in [-0.25, -0.2) is 0 Å². The summed E-state index contributed by atoms with van der Waals surface area (Å²) in [4.78, 5) is 4.31. The van der Waals surface area contributed by atoms with Gasteiger partial charge in [0.05, 0.1) is 0 Å². The van der Waals surface area contributed by atoms with E-state index in [1.165, 1.54) is 22.0 Å². The molecule has 0 aromatic heterocycles. The molecule has 3 heteroatoms. The van der Waals surface area contributed by atoms with E-state index in [2.05, 4.69) is 97.6 Å². The van der Waals surface area contributed by atoms with E-state index >= 15 is 0 Å². The number of phenols is 1. The van der Waals surface area contributed by atoms with Gasteiger partial charge in [-0.3, -0.25) is 4.99 Å². The molecule has 0 spiro atoms. The van der Waals surface area contributed by atoms with E-state index in [0.717, 1.165) is 30.4 Å². The van der Waals surface area contributed by atoms with Crippen LogP contribution in [0.3, 0.4) is 0 Å². The molecule has 1 N–H and O–H groups in total. The van der Waals surface area contributed by atoms with Crippen LogP contribution in [0.4, 0.5) is 0 Å². The first-order chi connectivity index (χ1) is 14.7. The molecule has 0 fully saturated rings. The van der Waals surface area contributed by atoms with Crippen LogP contribution >= 0.6 is 8.58 Å². The van der Waals surface area contributed by atoms with E-state index in [1.807, 2.05) is 13.3 Å². The van der Waals surface area contributed by atoms with Crippen molar-refractivity contribution in [1.82, 2.24) is 0 Å². The maximum absolute atomic E-state index is 11.6. The fourth-order valence-electron chi connectivity index (χ4n) is 4.19. The highest BCUT2D eigenvalue weighted by atomic mass is 31.1. The number of aromatic hydroxyl groups is 1. The lowest BCUT2D eigenvalue weighted by molar-refractivity contribution is 0.425. The van der Waals surface area contributed by atoms with Gasteiger partial charge in [0.15, 0.2) is 0 Å². The zero-order valence-corrected chi connectivity index (χ0v) is 23.0. The maximum atomic E-state index is 11.6. The number of phenolic OH excluding ortho intramolecular Hbond substituents is 1. The van der Waals surface area contributed by atoms with E-state index in [-0.39, 0.29) is 16.0 Å². The van der Waals surface area contributed by atoms with Crippen LogP contribution in [0.5, 0.6) is 5.75 Å². The van der Waals surface area contributed by atoms with Crippen molar-refractivity contribution in [3.05, 3.63) is 58.1 Å². The monoisotopic (exact) mass is 453 g/mol. The molecule has 176 valence electrons. The molecule has 2 atom stereocenters. The third-order valence-electron chi connectivity index (χ3n) is 6.29. The number of hydrogen-bond donors (Lipinski definition) is 1. The summed E-state index contributed by atoms with van der Waals surface area (Å²) >= 11 is 0. The lowest BCUT2D eigenvalue weighted by Gasteiger charge is -2.36. The van der Waals surface area contributed by atoms with E-state index < -0.39 is 0 Å². The van der Waals surface area contributed by atoms with Crippen LogP contribution in [0.1, 0.15) is 102 Å². The Balaban J connectivity index is 2.77. The van der Waals surface area contributed by atoms with Crippen molar-refractivity contribution in [2.75, 3.05) is 7.05 Å². The fraction of sp³-hybridized carbons (Fsp3) is 0.552. The van der Waals surface area contributed by atoms with Crippen molar-refractivity contribution >= 4 is 20.1 Å². The largest absolute Gasteiger partial charge is 0.507 e. The van der Waals surface area contributed by atoms with Crippen molar-refractivity contribution in [3.8, 4) is 5.75 Å². The molecule has 32 heavy (non-hydrogen) atoms. The van der Waals surface area contributed by atoms with Gasteiger partial charge in [-0.1, -0.05) is 107 Å². The molecule has 2 rings (SSSR count). The molecule has 0 heterocycles. The van der Waals surface area contributed by atoms with Crippen molar-refractivity contribution in [3.63, 3.8) is 0 Å². The van der Waals surface area contributed by atoms with Crippen LogP contribution in [-0.4, -0.2) is 18.4 Å². The van der Waals surface area contributed by atoms with Gasteiger partial charge < -0.3 is 5.11 Å². The molecular weight excluding hydrogens is 409 g/mol. The predicted molar refractivity (Wildman–Crippen MR) is 145 cm³/mol. The average molecular weight is 454 g/mol. The second-order valence-electron chi connectivity index (χ2n) is 11.5. The zero-order valence-electron chi connectivity index (χ0n) is 22.0. The van der Waals surface area contributed by atoms with Gasteiger partial charge in [0.1, 0.15) is 5.75 Å². The van der Waals surface area contributed by atoms with Crippen molar-refractivity contribution in [2.45, 2.75) is 97.6 Å².